The molecule has 1 aliphatic heterocycles. The predicted molar refractivity (Wildman–Crippen MR) is 183 cm³/mol. The van der Waals surface area contributed by atoms with Crippen molar-refractivity contribution in [1.82, 2.24) is 20.5 Å². The molecule has 1 aromatic rings. The largest absolute Gasteiger partial charge is 0.354 e. The number of carbonyl (C=O) groups is 4. The van der Waals surface area contributed by atoms with E-state index in [0.29, 0.717) is 25.9 Å². The number of amides is 4. The lowest BCUT2D eigenvalue weighted by atomic mass is 10.1. The number of hydrogen-bond acceptors (Lipinski definition) is 7. The Bertz CT molecular complexity index is 959. The van der Waals surface area contributed by atoms with Gasteiger partial charge in [0.15, 0.2) is 0 Å². The number of imide groups is 1. The van der Waals surface area contributed by atoms with Crippen molar-refractivity contribution in [3.63, 3.8) is 0 Å². The molecule has 0 unspecified atom stereocenters. The topological polar surface area (TPSA) is 108 Å². The maximum atomic E-state index is 11.9. The van der Waals surface area contributed by atoms with Crippen LogP contribution in [-0.4, -0.2) is 58.1 Å². The molecule has 4 amide bonds. The number of rotatable bonds is 28. The molecular weight excluding hydrogens is 593 g/mol. The fourth-order valence-electron chi connectivity index (χ4n) is 4.97. The minimum Gasteiger partial charge on any atom is -0.354 e. The fourth-order valence-corrected chi connectivity index (χ4v) is 7.26. The van der Waals surface area contributed by atoms with Gasteiger partial charge in [0.25, 0.3) is 11.8 Å². The monoisotopic (exact) mass is 646 g/mol. The zero-order chi connectivity index (χ0) is 31.5. The number of unbranched alkanes of at least 4 members (excludes halogenated alkanes) is 14. The van der Waals surface area contributed by atoms with Crippen LogP contribution in [0, 0.1) is 0 Å². The molecule has 10 heteroatoms. The molecule has 0 atom stereocenters. The maximum absolute atomic E-state index is 11.9. The molecule has 0 aliphatic carbocycles. The van der Waals surface area contributed by atoms with E-state index in [0.717, 1.165) is 36.1 Å². The Morgan fingerprint density at radius 1 is 0.614 bits per heavy atom. The van der Waals surface area contributed by atoms with Crippen molar-refractivity contribution in [1.29, 1.82) is 0 Å². The van der Waals surface area contributed by atoms with Crippen LogP contribution in [0.25, 0.3) is 0 Å². The van der Waals surface area contributed by atoms with Crippen LogP contribution >= 0.6 is 21.6 Å². The van der Waals surface area contributed by atoms with E-state index in [1.54, 1.807) is 12.4 Å². The third kappa shape index (κ3) is 19.8. The molecular formula is C34H54N4O4S2. The molecule has 2 N–H and O–H groups in total. The van der Waals surface area contributed by atoms with Gasteiger partial charge in [0.1, 0.15) is 0 Å². The van der Waals surface area contributed by atoms with Crippen molar-refractivity contribution < 1.29 is 19.2 Å². The van der Waals surface area contributed by atoms with Gasteiger partial charge in [-0.2, -0.15) is 0 Å². The molecule has 44 heavy (non-hydrogen) atoms. The van der Waals surface area contributed by atoms with Gasteiger partial charge in [0, 0.05) is 68.5 Å². The highest BCUT2D eigenvalue weighted by Gasteiger charge is 2.22. The van der Waals surface area contributed by atoms with Crippen molar-refractivity contribution >= 4 is 45.2 Å². The van der Waals surface area contributed by atoms with Gasteiger partial charge in [-0.1, -0.05) is 98.6 Å². The maximum Gasteiger partial charge on any atom is 0.253 e. The Hall–Kier alpha value is -2.33. The third-order valence-corrected chi connectivity index (χ3v) is 10.2. The lowest BCUT2D eigenvalue weighted by Gasteiger charge is -2.13. The highest BCUT2D eigenvalue weighted by atomic mass is 33.1. The lowest BCUT2D eigenvalue weighted by Crippen LogP contribution is -2.38. The second-order valence-corrected chi connectivity index (χ2v) is 14.1. The molecule has 8 nitrogen and oxygen atoms in total. The molecule has 0 radical (unpaired) electrons. The van der Waals surface area contributed by atoms with E-state index >= 15 is 0 Å². The first-order chi connectivity index (χ1) is 21.6. The molecule has 0 bridgehead atoms. The van der Waals surface area contributed by atoms with E-state index in [-0.39, 0.29) is 30.2 Å². The van der Waals surface area contributed by atoms with Crippen molar-refractivity contribution in [3.05, 3.63) is 42.2 Å². The van der Waals surface area contributed by atoms with Crippen LogP contribution in [0.2, 0.25) is 0 Å². The molecule has 0 saturated heterocycles. The van der Waals surface area contributed by atoms with E-state index in [1.165, 1.54) is 101 Å². The summed E-state index contributed by atoms with van der Waals surface area (Å²) in [7, 11) is 4.06. The van der Waals surface area contributed by atoms with Crippen LogP contribution in [-0.2, 0) is 25.7 Å². The second kappa shape index (κ2) is 25.9. The Labute approximate surface area is 273 Å². The first kappa shape index (κ1) is 37.9. The number of nitrogens with zero attached hydrogens (tertiary/aromatic N) is 2. The first-order valence-corrected chi connectivity index (χ1v) is 19.3. The molecule has 0 aromatic carbocycles. The average Bonchev–Trinajstić information content (AvgIpc) is 3.35. The van der Waals surface area contributed by atoms with Crippen molar-refractivity contribution in [2.75, 3.05) is 24.6 Å². The van der Waals surface area contributed by atoms with Gasteiger partial charge in [-0.15, -0.1) is 0 Å². The van der Waals surface area contributed by atoms with Gasteiger partial charge >= 0.3 is 0 Å². The standard InChI is InChI=1S/C34H54N4O4S2/c39-31(36-25-26-38-33(41)19-20-34(38)42)17-13-9-5-1-3-7-11-15-27-43-44-28-16-12-8-4-2-6-10-14-18-32(40)37-29-30-21-23-35-24-22-30/h19-24H,1-18,25-29H2,(H,36,39)(H,37,40). The highest BCUT2D eigenvalue weighted by molar-refractivity contribution is 8.76. The van der Waals surface area contributed by atoms with Gasteiger partial charge in [-0.3, -0.25) is 29.1 Å². The van der Waals surface area contributed by atoms with Gasteiger partial charge in [0.05, 0.1) is 0 Å². The molecule has 1 aliphatic rings. The van der Waals surface area contributed by atoms with Crippen LogP contribution in [0.4, 0.5) is 0 Å². The van der Waals surface area contributed by atoms with Gasteiger partial charge in [-0.25, -0.2) is 0 Å². The predicted octanol–water partition coefficient (Wildman–Crippen LogP) is 7.14. The Balaban J connectivity index is 1.20. The van der Waals surface area contributed by atoms with Crippen molar-refractivity contribution in [2.45, 2.75) is 122 Å². The molecule has 0 fully saturated rings. The summed E-state index contributed by atoms with van der Waals surface area (Å²) in [6.45, 7) is 1.13. The minimum atomic E-state index is -0.308. The quantitative estimate of drug-likeness (QED) is 0.0566. The highest BCUT2D eigenvalue weighted by Crippen LogP contribution is 2.25. The van der Waals surface area contributed by atoms with Crippen LogP contribution in [0.1, 0.15) is 121 Å². The summed E-state index contributed by atoms with van der Waals surface area (Å²) < 4.78 is 0. The average molecular weight is 647 g/mol. The third-order valence-electron chi connectivity index (χ3n) is 7.64. The lowest BCUT2D eigenvalue weighted by molar-refractivity contribution is -0.137. The normalized spacial score (nSPS) is 12.7. The molecule has 2 rings (SSSR count). The summed E-state index contributed by atoms with van der Waals surface area (Å²) in [5, 5.41) is 5.78. The second-order valence-electron chi connectivity index (χ2n) is 11.4. The van der Waals surface area contributed by atoms with Crippen LogP contribution < -0.4 is 10.6 Å². The minimum absolute atomic E-state index is 0.00732. The number of aromatic nitrogens is 1. The van der Waals surface area contributed by atoms with Crippen molar-refractivity contribution in [2.24, 2.45) is 0 Å². The number of hydrogen-bond donors (Lipinski definition) is 2. The van der Waals surface area contributed by atoms with E-state index in [2.05, 4.69) is 15.6 Å². The molecule has 0 saturated carbocycles. The van der Waals surface area contributed by atoms with Crippen LogP contribution in [0.15, 0.2) is 36.7 Å². The Kier molecular flexibility index (Phi) is 22.3. The van der Waals surface area contributed by atoms with E-state index in [9.17, 15) is 19.2 Å². The van der Waals surface area contributed by atoms with E-state index < -0.39 is 0 Å². The number of pyridine rings is 1. The fraction of sp³-hybridized carbons (Fsp3) is 0.676. The van der Waals surface area contributed by atoms with Gasteiger partial charge in [0.2, 0.25) is 11.8 Å². The van der Waals surface area contributed by atoms with Crippen LogP contribution in [0.5, 0.6) is 0 Å². The summed E-state index contributed by atoms with van der Waals surface area (Å²) in [6, 6.07) is 3.86. The number of carbonyl (C=O) groups excluding carboxylic acids is 4. The Morgan fingerprint density at radius 3 is 1.55 bits per heavy atom. The van der Waals surface area contributed by atoms with Crippen molar-refractivity contribution in [3.8, 4) is 0 Å². The number of nitrogens with one attached hydrogen (secondary N) is 2. The summed E-state index contributed by atoms with van der Waals surface area (Å²) in [6.07, 6.45) is 26.6. The molecule has 0 spiro atoms. The summed E-state index contributed by atoms with van der Waals surface area (Å²) in [5.41, 5.74) is 1.09. The van der Waals surface area contributed by atoms with Crippen LogP contribution in [0.3, 0.4) is 0 Å². The summed E-state index contributed by atoms with van der Waals surface area (Å²) in [4.78, 5) is 51.9. The van der Waals surface area contributed by atoms with E-state index in [4.69, 9.17) is 0 Å². The van der Waals surface area contributed by atoms with Gasteiger partial charge < -0.3 is 10.6 Å². The van der Waals surface area contributed by atoms with Gasteiger partial charge in [-0.05, 0) is 43.4 Å². The van der Waals surface area contributed by atoms with E-state index in [1.807, 2.05) is 33.7 Å². The zero-order valence-corrected chi connectivity index (χ0v) is 28.2. The zero-order valence-electron chi connectivity index (χ0n) is 26.6. The summed E-state index contributed by atoms with van der Waals surface area (Å²) >= 11 is 0. The SMILES string of the molecule is O=C(CCCCCCCCCCSSCCCCCCCCCCC(=O)NCc1ccncc1)NCCN1C(=O)C=CC1=O. The molecule has 2 heterocycles. The Morgan fingerprint density at radius 2 is 1.05 bits per heavy atom. The molecule has 1 aromatic heterocycles. The smallest absolute Gasteiger partial charge is 0.253 e. The first-order valence-electron chi connectivity index (χ1n) is 16.8. The molecule has 246 valence electrons. The summed E-state index contributed by atoms with van der Waals surface area (Å²) in [5.74, 6) is 2.03.